The van der Waals surface area contributed by atoms with E-state index in [9.17, 15) is 13.2 Å². The number of hydrogen-bond acceptors (Lipinski definition) is 4. The molecule has 1 amide bonds. The quantitative estimate of drug-likeness (QED) is 0.384. The van der Waals surface area contributed by atoms with Crippen molar-refractivity contribution >= 4 is 27.0 Å². The Bertz CT molecular complexity index is 1270. The number of carbonyl (C=O) groups excluding carboxylic acids is 1. The number of aromatic amines is 1. The molecule has 2 aliphatic rings. The van der Waals surface area contributed by atoms with E-state index in [1.807, 2.05) is 30.3 Å². The standard InChI is InChI=1S/C28H36N4O3S/c33-28(29-19-20-8-4-1-2-5-9-20)22-12-14-23(15-13-22)32-36(34,35)24-16-17-25-26(18-24)31-27(30-25)21-10-6-3-7-11-21/h3,6-7,10-11,16-18,20,22-23,32H,1-2,4-5,8-9,12-15,19H2,(H,29,33)(H,30,31)/t22-,23-. The van der Waals surface area contributed by atoms with Gasteiger partial charge < -0.3 is 10.3 Å². The van der Waals surface area contributed by atoms with Gasteiger partial charge in [-0.3, -0.25) is 4.79 Å². The fourth-order valence-electron chi connectivity index (χ4n) is 5.60. The predicted molar refractivity (Wildman–Crippen MR) is 142 cm³/mol. The maximum Gasteiger partial charge on any atom is 0.240 e. The lowest BCUT2D eigenvalue weighted by atomic mass is 9.86. The maximum absolute atomic E-state index is 13.1. The minimum Gasteiger partial charge on any atom is -0.356 e. The van der Waals surface area contributed by atoms with Gasteiger partial charge in [0, 0.05) is 24.1 Å². The van der Waals surface area contributed by atoms with Gasteiger partial charge in [0.15, 0.2) is 0 Å². The summed E-state index contributed by atoms with van der Waals surface area (Å²) in [5, 5.41) is 3.18. The van der Waals surface area contributed by atoms with Crippen molar-refractivity contribution in [3.63, 3.8) is 0 Å². The van der Waals surface area contributed by atoms with Crippen LogP contribution < -0.4 is 10.0 Å². The molecule has 2 saturated carbocycles. The molecule has 3 aromatic rings. The minimum absolute atomic E-state index is 0.0201. The third-order valence-electron chi connectivity index (χ3n) is 7.77. The number of hydrogen-bond donors (Lipinski definition) is 3. The molecular formula is C28H36N4O3S. The van der Waals surface area contributed by atoms with Gasteiger partial charge in [0.25, 0.3) is 0 Å². The maximum atomic E-state index is 13.1. The second kappa shape index (κ2) is 11.1. The van der Waals surface area contributed by atoms with Crippen LogP contribution in [0.3, 0.4) is 0 Å². The second-order valence-electron chi connectivity index (χ2n) is 10.4. The summed E-state index contributed by atoms with van der Waals surface area (Å²) in [5.41, 5.74) is 2.36. The number of carbonyl (C=O) groups is 1. The van der Waals surface area contributed by atoms with Gasteiger partial charge in [0.1, 0.15) is 5.82 Å². The molecule has 0 unspecified atom stereocenters. The summed E-state index contributed by atoms with van der Waals surface area (Å²) in [4.78, 5) is 20.8. The first-order chi connectivity index (χ1) is 17.5. The van der Waals surface area contributed by atoms with Crippen molar-refractivity contribution in [1.29, 1.82) is 0 Å². The smallest absolute Gasteiger partial charge is 0.240 e. The molecule has 5 rings (SSSR count). The number of rotatable bonds is 7. The van der Waals surface area contributed by atoms with Gasteiger partial charge in [-0.25, -0.2) is 18.1 Å². The summed E-state index contributed by atoms with van der Waals surface area (Å²) in [5.74, 6) is 1.44. The Morgan fingerprint density at radius 2 is 1.64 bits per heavy atom. The normalized spacial score (nSPS) is 21.8. The van der Waals surface area contributed by atoms with Crippen molar-refractivity contribution in [1.82, 2.24) is 20.0 Å². The van der Waals surface area contributed by atoms with Crippen LogP contribution in [0.5, 0.6) is 0 Å². The average molecular weight is 509 g/mol. The van der Waals surface area contributed by atoms with Crippen LogP contribution in [0, 0.1) is 11.8 Å². The molecule has 7 nitrogen and oxygen atoms in total. The number of aromatic nitrogens is 2. The zero-order valence-electron chi connectivity index (χ0n) is 20.7. The Hall–Kier alpha value is -2.71. The Morgan fingerprint density at radius 1 is 0.917 bits per heavy atom. The van der Waals surface area contributed by atoms with E-state index in [1.165, 1.54) is 38.5 Å². The number of nitrogens with zero attached hydrogens (tertiary/aromatic N) is 1. The van der Waals surface area contributed by atoms with E-state index in [0.29, 0.717) is 42.9 Å². The molecule has 0 aliphatic heterocycles. The first kappa shape index (κ1) is 25.0. The van der Waals surface area contributed by atoms with Crippen LogP contribution in [0.15, 0.2) is 53.4 Å². The van der Waals surface area contributed by atoms with Gasteiger partial charge in [-0.1, -0.05) is 56.0 Å². The molecule has 1 heterocycles. The molecule has 0 saturated heterocycles. The van der Waals surface area contributed by atoms with Crippen LogP contribution in [0.1, 0.15) is 64.2 Å². The van der Waals surface area contributed by atoms with E-state index in [-0.39, 0.29) is 22.8 Å². The van der Waals surface area contributed by atoms with Crippen molar-refractivity contribution < 1.29 is 13.2 Å². The molecule has 0 spiro atoms. The van der Waals surface area contributed by atoms with Crippen molar-refractivity contribution in [3.05, 3.63) is 48.5 Å². The van der Waals surface area contributed by atoms with Crippen molar-refractivity contribution in [2.24, 2.45) is 11.8 Å². The van der Waals surface area contributed by atoms with Gasteiger partial charge in [0.05, 0.1) is 15.9 Å². The topological polar surface area (TPSA) is 104 Å². The Kier molecular flexibility index (Phi) is 7.72. The molecule has 2 fully saturated rings. The lowest BCUT2D eigenvalue weighted by molar-refractivity contribution is -0.126. The first-order valence-corrected chi connectivity index (χ1v) is 14.8. The number of fused-ring (bicyclic) bond motifs is 1. The van der Waals surface area contributed by atoms with Gasteiger partial charge in [-0.2, -0.15) is 0 Å². The highest BCUT2D eigenvalue weighted by atomic mass is 32.2. The van der Waals surface area contributed by atoms with Crippen molar-refractivity contribution in [2.75, 3.05) is 6.54 Å². The molecule has 36 heavy (non-hydrogen) atoms. The summed E-state index contributed by atoms with van der Waals surface area (Å²) in [6.07, 6.45) is 10.4. The lowest BCUT2D eigenvalue weighted by Gasteiger charge is -2.28. The van der Waals surface area contributed by atoms with Gasteiger partial charge in [0.2, 0.25) is 15.9 Å². The van der Waals surface area contributed by atoms with E-state index >= 15 is 0 Å². The monoisotopic (exact) mass is 508 g/mol. The molecule has 0 atom stereocenters. The SMILES string of the molecule is O=C(NCC1CCCCCC1)[C@H]1CC[C@H](NS(=O)(=O)c2ccc3[nH]c(-c4ccccc4)nc3c2)CC1. The van der Waals surface area contributed by atoms with E-state index in [4.69, 9.17) is 0 Å². The number of H-pyrrole nitrogens is 1. The van der Waals surface area contributed by atoms with E-state index in [0.717, 1.165) is 17.6 Å². The second-order valence-corrected chi connectivity index (χ2v) is 12.1. The summed E-state index contributed by atoms with van der Waals surface area (Å²) in [7, 11) is -3.68. The number of sulfonamides is 1. The summed E-state index contributed by atoms with van der Waals surface area (Å²) < 4.78 is 29.1. The molecule has 2 aromatic carbocycles. The van der Waals surface area contributed by atoms with Gasteiger partial charge in [-0.15, -0.1) is 0 Å². The Labute approximate surface area is 213 Å². The highest BCUT2D eigenvalue weighted by molar-refractivity contribution is 7.89. The zero-order valence-corrected chi connectivity index (χ0v) is 21.5. The van der Waals surface area contributed by atoms with Crippen LogP contribution >= 0.6 is 0 Å². The molecule has 0 radical (unpaired) electrons. The third kappa shape index (κ3) is 5.98. The molecule has 1 aromatic heterocycles. The number of amides is 1. The molecule has 0 bridgehead atoms. The van der Waals surface area contributed by atoms with E-state index in [1.54, 1.807) is 18.2 Å². The highest BCUT2D eigenvalue weighted by Crippen LogP contribution is 2.28. The van der Waals surface area contributed by atoms with Crippen LogP contribution in [-0.4, -0.2) is 36.9 Å². The summed E-state index contributed by atoms with van der Waals surface area (Å²) in [6.45, 7) is 0.785. The van der Waals surface area contributed by atoms with Crippen LogP contribution in [0.4, 0.5) is 0 Å². The van der Waals surface area contributed by atoms with Crippen molar-refractivity contribution in [2.45, 2.75) is 75.1 Å². The van der Waals surface area contributed by atoms with Gasteiger partial charge in [-0.05, 0) is 62.6 Å². The fraction of sp³-hybridized carbons (Fsp3) is 0.500. The van der Waals surface area contributed by atoms with Gasteiger partial charge >= 0.3 is 0 Å². The summed E-state index contributed by atoms with van der Waals surface area (Å²) in [6, 6.07) is 14.6. The number of benzene rings is 2. The van der Waals surface area contributed by atoms with E-state index < -0.39 is 10.0 Å². The van der Waals surface area contributed by atoms with Crippen molar-refractivity contribution in [3.8, 4) is 11.4 Å². The molecule has 3 N–H and O–H groups in total. The largest absolute Gasteiger partial charge is 0.356 e. The highest BCUT2D eigenvalue weighted by Gasteiger charge is 2.29. The number of imidazole rings is 1. The molecule has 2 aliphatic carbocycles. The average Bonchev–Trinajstić information content (AvgIpc) is 3.15. The Balaban J connectivity index is 1.15. The fourth-order valence-corrected chi connectivity index (χ4v) is 6.93. The Morgan fingerprint density at radius 3 is 2.36 bits per heavy atom. The van der Waals surface area contributed by atoms with Crippen LogP contribution in [0.25, 0.3) is 22.4 Å². The van der Waals surface area contributed by atoms with Crippen LogP contribution in [0.2, 0.25) is 0 Å². The molecule has 8 heteroatoms. The molecular weight excluding hydrogens is 472 g/mol. The lowest BCUT2D eigenvalue weighted by Crippen LogP contribution is -2.41. The zero-order chi connectivity index (χ0) is 25.0. The first-order valence-electron chi connectivity index (χ1n) is 13.3. The molecule has 192 valence electrons. The third-order valence-corrected chi connectivity index (χ3v) is 9.29. The predicted octanol–water partition coefficient (Wildman–Crippen LogP) is 5.15. The summed E-state index contributed by atoms with van der Waals surface area (Å²) >= 11 is 0. The van der Waals surface area contributed by atoms with Crippen LogP contribution in [-0.2, 0) is 14.8 Å². The minimum atomic E-state index is -3.68. The van der Waals surface area contributed by atoms with E-state index in [2.05, 4.69) is 20.0 Å². The number of nitrogens with one attached hydrogen (secondary N) is 3.